The lowest BCUT2D eigenvalue weighted by atomic mass is 10.0. The Labute approximate surface area is 215 Å². The number of ether oxygens (including phenoxy) is 2. The Morgan fingerprint density at radius 3 is 2.51 bits per heavy atom. The molecule has 0 aliphatic heterocycles. The zero-order valence-corrected chi connectivity index (χ0v) is 21.5. The first-order chi connectivity index (χ1) is 16.9. The van der Waals surface area contributed by atoms with Crippen LogP contribution in [0.3, 0.4) is 0 Å². The number of nitrogens with one attached hydrogen (secondary N) is 1. The molecule has 0 aliphatic carbocycles. The van der Waals surface area contributed by atoms with Gasteiger partial charge in [0.25, 0.3) is 0 Å². The third-order valence-electron chi connectivity index (χ3n) is 5.12. The van der Waals surface area contributed by atoms with E-state index in [1.807, 2.05) is 42.8 Å². The molecule has 0 aliphatic rings. The minimum atomic E-state index is -0.530. The van der Waals surface area contributed by atoms with E-state index in [1.54, 1.807) is 29.9 Å². The van der Waals surface area contributed by atoms with Crippen LogP contribution in [0.15, 0.2) is 59.1 Å². The van der Waals surface area contributed by atoms with Gasteiger partial charge < -0.3 is 19.4 Å². The maximum atomic E-state index is 12.7. The number of benzene rings is 2. The van der Waals surface area contributed by atoms with Crippen molar-refractivity contribution in [2.75, 3.05) is 25.3 Å². The van der Waals surface area contributed by atoms with Gasteiger partial charge in [0.15, 0.2) is 11.0 Å². The zero-order chi connectivity index (χ0) is 24.9. The molecule has 0 saturated carbocycles. The van der Waals surface area contributed by atoms with E-state index in [-0.39, 0.29) is 11.7 Å². The molecule has 4 rings (SSSR count). The molecule has 0 spiro atoms. The van der Waals surface area contributed by atoms with Crippen LogP contribution in [-0.4, -0.2) is 46.6 Å². The molecule has 0 radical (unpaired) electrons. The highest BCUT2D eigenvalue weighted by molar-refractivity contribution is 7.99. The Bertz CT molecular complexity index is 1370. The highest BCUT2D eigenvalue weighted by atomic mass is 35.5. The molecule has 4 aromatic rings. The van der Waals surface area contributed by atoms with Crippen LogP contribution in [0.25, 0.3) is 22.5 Å². The van der Waals surface area contributed by atoms with Gasteiger partial charge in [-0.15, -0.1) is 21.5 Å². The topological polar surface area (TPSA) is 95.3 Å². The summed E-state index contributed by atoms with van der Waals surface area (Å²) in [5.41, 5.74) is 2.54. The number of aromatic nitrogens is 3. The molecule has 0 saturated heterocycles. The zero-order valence-electron chi connectivity index (χ0n) is 19.1. The number of nitrogens with zero attached hydrogens (tertiary/aromatic N) is 3. The van der Waals surface area contributed by atoms with Crippen LogP contribution < -0.4 is 10.1 Å². The van der Waals surface area contributed by atoms with Crippen LogP contribution in [0.2, 0.25) is 5.02 Å². The van der Waals surface area contributed by atoms with Crippen LogP contribution in [0.5, 0.6) is 5.75 Å². The summed E-state index contributed by atoms with van der Waals surface area (Å²) < 4.78 is 12.0. The summed E-state index contributed by atoms with van der Waals surface area (Å²) in [6, 6.07) is 14.7. The quantitative estimate of drug-likeness (QED) is 0.242. The summed E-state index contributed by atoms with van der Waals surface area (Å²) in [6.07, 6.45) is 0. The van der Waals surface area contributed by atoms with Crippen molar-refractivity contribution in [1.29, 1.82) is 0 Å². The van der Waals surface area contributed by atoms with Gasteiger partial charge >= 0.3 is 5.97 Å². The molecule has 2 aromatic carbocycles. The molecule has 1 amide bonds. The average molecular weight is 529 g/mol. The maximum Gasteiger partial charge on any atom is 0.341 e. The van der Waals surface area contributed by atoms with E-state index >= 15 is 0 Å². The molecule has 2 aromatic heterocycles. The summed E-state index contributed by atoms with van der Waals surface area (Å²) in [5, 5.41) is 14.6. The third-order valence-corrected chi connectivity index (χ3v) is 7.36. The number of carbonyl (C=O) groups is 2. The van der Waals surface area contributed by atoms with Crippen molar-refractivity contribution >= 4 is 51.6 Å². The van der Waals surface area contributed by atoms with Crippen molar-refractivity contribution in [3.63, 3.8) is 0 Å². The van der Waals surface area contributed by atoms with Gasteiger partial charge in [0.1, 0.15) is 16.3 Å². The van der Waals surface area contributed by atoms with Crippen molar-refractivity contribution in [3.8, 4) is 28.3 Å². The van der Waals surface area contributed by atoms with Crippen molar-refractivity contribution in [3.05, 3.63) is 64.5 Å². The maximum absolute atomic E-state index is 12.7. The summed E-state index contributed by atoms with van der Waals surface area (Å²) in [7, 11) is 4.71. The highest BCUT2D eigenvalue weighted by Gasteiger charge is 2.23. The molecule has 2 heterocycles. The number of methoxy groups -OCH3 is 2. The fourth-order valence-electron chi connectivity index (χ4n) is 3.35. The number of hydrogen-bond acceptors (Lipinski definition) is 8. The largest absolute Gasteiger partial charge is 0.497 e. The van der Waals surface area contributed by atoms with E-state index in [4.69, 9.17) is 21.1 Å². The van der Waals surface area contributed by atoms with Crippen LogP contribution in [0.1, 0.15) is 10.4 Å². The molecule has 0 atom stereocenters. The second kappa shape index (κ2) is 10.9. The van der Waals surface area contributed by atoms with Gasteiger partial charge in [0, 0.05) is 23.6 Å². The summed E-state index contributed by atoms with van der Waals surface area (Å²) >= 11 is 8.77. The highest BCUT2D eigenvalue weighted by Crippen LogP contribution is 2.37. The van der Waals surface area contributed by atoms with E-state index in [1.165, 1.54) is 30.2 Å². The predicted molar refractivity (Wildman–Crippen MR) is 138 cm³/mol. The molecule has 180 valence electrons. The summed E-state index contributed by atoms with van der Waals surface area (Å²) in [5.74, 6) is 0.568. The van der Waals surface area contributed by atoms with E-state index in [0.29, 0.717) is 37.9 Å². The molecule has 8 nitrogen and oxygen atoms in total. The predicted octanol–water partition coefficient (Wildman–Crippen LogP) is 5.39. The first kappa shape index (κ1) is 24.8. The van der Waals surface area contributed by atoms with Crippen LogP contribution in [0.4, 0.5) is 5.00 Å². The Balaban J connectivity index is 1.49. The number of esters is 1. The molecule has 0 unspecified atom stereocenters. The van der Waals surface area contributed by atoms with Gasteiger partial charge in [-0.3, -0.25) is 4.79 Å². The normalized spacial score (nSPS) is 10.7. The molecule has 11 heteroatoms. The van der Waals surface area contributed by atoms with Gasteiger partial charge in [-0.05, 0) is 29.8 Å². The second-order valence-electron chi connectivity index (χ2n) is 7.26. The summed E-state index contributed by atoms with van der Waals surface area (Å²) in [4.78, 5) is 25.3. The first-order valence-electron chi connectivity index (χ1n) is 10.3. The number of halogens is 1. The lowest BCUT2D eigenvalue weighted by molar-refractivity contribution is -0.113. The summed E-state index contributed by atoms with van der Waals surface area (Å²) in [6.45, 7) is 0. The lowest BCUT2D eigenvalue weighted by Gasteiger charge is -2.08. The SMILES string of the molecule is COC(=O)c1c(-c2ccc(OC)cc2)csc1NC(=O)CSc1nnc(-c2ccccc2Cl)n1C. The average Bonchev–Trinajstić information content (AvgIpc) is 3.46. The lowest BCUT2D eigenvalue weighted by Crippen LogP contribution is -2.16. The Kier molecular flexibility index (Phi) is 7.74. The third kappa shape index (κ3) is 5.34. The monoisotopic (exact) mass is 528 g/mol. The van der Waals surface area contributed by atoms with Gasteiger partial charge in [0.05, 0.1) is 25.0 Å². The van der Waals surface area contributed by atoms with E-state index in [9.17, 15) is 9.59 Å². The number of rotatable bonds is 8. The number of thioether (sulfide) groups is 1. The molecule has 0 bridgehead atoms. The molecule has 0 fully saturated rings. The van der Waals surface area contributed by atoms with E-state index < -0.39 is 5.97 Å². The standard InChI is InChI=1S/C24H21ClN4O4S2/c1-29-21(16-6-4-5-7-18(16)25)27-28-24(29)35-13-19(30)26-22-20(23(31)33-3)17(12-34-22)14-8-10-15(32-2)11-9-14/h4-12H,13H2,1-3H3,(H,26,30). The van der Waals surface area contributed by atoms with Crippen LogP contribution >= 0.6 is 34.7 Å². The Morgan fingerprint density at radius 2 is 1.83 bits per heavy atom. The fourth-order valence-corrected chi connectivity index (χ4v) is 5.25. The van der Waals surface area contributed by atoms with Crippen molar-refractivity contribution in [1.82, 2.24) is 14.8 Å². The Morgan fingerprint density at radius 1 is 1.09 bits per heavy atom. The first-order valence-corrected chi connectivity index (χ1v) is 12.6. The minimum absolute atomic E-state index is 0.0743. The van der Waals surface area contributed by atoms with E-state index in [0.717, 1.165) is 11.1 Å². The van der Waals surface area contributed by atoms with Gasteiger partial charge in [-0.1, -0.05) is 47.6 Å². The minimum Gasteiger partial charge on any atom is -0.497 e. The number of anilines is 1. The Hall–Kier alpha value is -3.34. The fraction of sp³-hybridized carbons (Fsp3) is 0.167. The molecule has 1 N–H and O–H groups in total. The van der Waals surface area contributed by atoms with Crippen molar-refractivity contribution in [2.24, 2.45) is 7.05 Å². The van der Waals surface area contributed by atoms with Gasteiger partial charge in [-0.2, -0.15) is 0 Å². The van der Waals surface area contributed by atoms with Gasteiger partial charge in [-0.25, -0.2) is 4.79 Å². The smallest absolute Gasteiger partial charge is 0.341 e. The molecular weight excluding hydrogens is 508 g/mol. The number of carbonyl (C=O) groups excluding carboxylic acids is 2. The van der Waals surface area contributed by atoms with Crippen LogP contribution in [0, 0.1) is 0 Å². The van der Waals surface area contributed by atoms with Gasteiger partial charge in [0.2, 0.25) is 5.91 Å². The van der Waals surface area contributed by atoms with E-state index in [2.05, 4.69) is 15.5 Å². The van der Waals surface area contributed by atoms with Crippen LogP contribution in [-0.2, 0) is 16.6 Å². The number of hydrogen-bond donors (Lipinski definition) is 1. The van der Waals surface area contributed by atoms with Crippen molar-refractivity contribution < 1.29 is 19.1 Å². The molecule has 35 heavy (non-hydrogen) atoms. The molecular formula is C24H21ClN4O4S2. The number of amides is 1. The van der Waals surface area contributed by atoms with Crippen molar-refractivity contribution in [2.45, 2.75) is 5.16 Å². The number of thiophene rings is 1. The second-order valence-corrected chi connectivity index (χ2v) is 9.48.